The van der Waals surface area contributed by atoms with Crippen LogP contribution in [-0.2, 0) is 19.7 Å². The van der Waals surface area contributed by atoms with Crippen LogP contribution in [0.15, 0.2) is 0 Å². The molecule has 0 radical (unpaired) electrons. The quantitative estimate of drug-likeness (QED) is 0.288. The van der Waals surface area contributed by atoms with Crippen LogP contribution in [0.4, 0.5) is 0 Å². The monoisotopic (exact) mass is 206 g/mol. The van der Waals surface area contributed by atoms with E-state index in [0.717, 1.165) is 6.92 Å². The third-order valence-electron chi connectivity index (χ3n) is 0.681. The van der Waals surface area contributed by atoms with Crippen molar-refractivity contribution in [2.45, 2.75) is 13.3 Å². The van der Waals surface area contributed by atoms with E-state index in [1.807, 2.05) is 0 Å². The van der Waals surface area contributed by atoms with Crippen molar-refractivity contribution in [3.8, 4) is 0 Å². The predicted octanol–water partition coefficient (Wildman–Crippen LogP) is -3.50. The molecule has 0 amide bonds. The molecule has 5 nitrogen and oxygen atoms in total. The molecule has 60 valence electrons. The molecule has 0 aromatic heterocycles. The summed E-state index contributed by atoms with van der Waals surface area (Å²) in [5, 5.41) is -1.46. The molecule has 0 aliphatic heterocycles. The van der Waals surface area contributed by atoms with E-state index >= 15 is 0 Å². The second-order valence-corrected chi connectivity index (χ2v) is 3.13. The van der Waals surface area contributed by atoms with Gasteiger partial charge in [0.2, 0.25) is 0 Å². The largest absolute Gasteiger partial charge is 1.00 e. The number of carbonyl (C=O) groups is 2. The summed E-state index contributed by atoms with van der Waals surface area (Å²) < 4.78 is 27.8. The average molecular weight is 206 g/mol. The summed E-state index contributed by atoms with van der Waals surface area (Å²) in [6.45, 7) is 1.06. The molecular formula is C4H7KO5S. The number of hydrogen-bond acceptors (Lipinski definition) is 4. The maximum absolute atomic E-state index is 10.2. The molecule has 0 aliphatic rings. The third-order valence-corrected chi connectivity index (χ3v) is 1.40. The number of carbonyl (C=O) groups excluding carboxylic acids is 2. The van der Waals surface area contributed by atoms with Crippen LogP contribution in [0, 0.1) is 0 Å². The van der Waals surface area contributed by atoms with E-state index in [4.69, 9.17) is 4.55 Å². The molecule has 0 rings (SSSR count). The molecule has 1 N–H and O–H groups in total. The van der Waals surface area contributed by atoms with Gasteiger partial charge in [-0.2, -0.15) is 8.42 Å². The summed E-state index contributed by atoms with van der Waals surface area (Å²) in [7, 11) is -4.66. The van der Waals surface area contributed by atoms with Gasteiger partial charge in [0.15, 0.2) is 0 Å². The van der Waals surface area contributed by atoms with Gasteiger partial charge in [0.05, 0.1) is 6.42 Å². The zero-order valence-electron chi connectivity index (χ0n) is 7.20. The number of Topliss-reactive ketones (excluding diaryl/α,β-unsaturated/α-hetero) is 1. The van der Waals surface area contributed by atoms with Gasteiger partial charge in [-0.3, -0.25) is 14.1 Å². The first kappa shape index (κ1) is 14.4. The number of ketones is 1. The maximum Gasteiger partial charge on any atom is 1.00 e. The van der Waals surface area contributed by atoms with Crippen molar-refractivity contribution in [2.24, 2.45) is 0 Å². The van der Waals surface area contributed by atoms with Gasteiger partial charge in [0, 0.05) is 0 Å². The van der Waals surface area contributed by atoms with Crippen LogP contribution in [0.1, 0.15) is 14.8 Å². The molecule has 0 heterocycles. The third kappa shape index (κ3) is 7.25. The van der Waals surface area contributed by atoms with Crippen molar-refractivity contribution < 1.29 is 75.4 Å². The van der Waals surface area contributed by atoms with Gasteiger partial charge >= 0.3 is 61.5 Å². The Morgan fingerprint density at radius 3 is 1.91 bits per heavy atom. The smallest absolute Gasteiger partial charge is 1.00 e. The van der Waals surface area contributed by atoms with Crippen molar-refractivity contribution in [3.05, 3.63) is 0 Å². The van der Waals surface area contributed by atoms with Crippen LogP contribution in [0.3, 0.4) is 0 Å². The van der Waals surface area contributed by atoms with Crippen molar-refractivity contribution in [1.29, 1.82) is 0 Å². The van der Waals surface area contributed by atoms with Crippen LogP contribution >= 0.6 is 0 Å². The molecular weight excluding hydrogens is 199 g/mol. The summed E-state index contributed by atoms with van der Waals surface area (Å²) in [4.78, 5) is 20.3. The molecule has 0 atom stereocenters. The number of hydrogen-bond donors (Lipinski definition) is 1. The van der Waals surface area contributed by atoms with Gasteiger partial charge in [-0.1, -0.05) is 0 Å². The van der Waals surface area contributed by atoms with Crippen molar-refractivity contribution in [2.75, 3.05) is 0 Å². The Balaban J connectivity index is -0.000000405. The molecule has 0 fully saturated rings. The summed E-state index contributed by atoms with van der Waals surface area (Å²) >= 11 is 0. The molecule has 7 heteroatoms. The first-order chi connectivity index (χ1) is 4.34. The van der Waals surface area contributed by atoms with Crippen LogP contribution in [0.25, 0.3) is 0 Å². The Labute approximate surface area is 108 Å². The topological polar surface area (TPSA) is 88.5 Å². The molecule has 11 heavy (non-hydrogen) atoms. The fraction of sp³-hybridized carbons (Fsp3) is 0.500. The minimum Gasteiger partial charge on any atom is -1.00 e. The summed E-state index contributed by atoms with van der Waals surface area (Å²) in [6.07, 6.45) is -0.765. The van der Waals surface area contributed by atoms with E-state index in [9.17, 15) is 18.0 Å². The van der Waals surface area contributed by atoms with E-state index in [2.05, 4.69) is 0 Å². The maximum atomic E-state index is 10.2. The van der Waals surface area contributed by atoms with Crippen LogP contribution in [0.2, 0.25) is 0 Å². The van der Waals surface area contributed by atoms with Gasteiger partial charge in [-0.25, -0.2) is 0 Å². The van der Waals surface area contributed by atoms with Crippen molar-refractivity contribution in [1.82, 2.24) is 0 Å². The Morgan fingerprint density at radius 1 is 1.45 bits per heavy atom. The summed E-state index contributed by atoms with van der Waals surface area (Å²) in [6, 6.07) is 0. The molecule has 0 spiro atoms. The minimum absolute atomic E-state index is 0. The Morgan fingerprint density at radius 2 is 1.82 bits per heavy atom. The zero-order valence-corrected chi connectivity index (χ0v) is 10.1. The zero-order chi connectivity index (χ0) is 8.36. The molecule has 0 aliphatic carbocycles. The van der Waals surface area contributed by atoms with Crippen LogP contribution in [0.5, 0.6) is 0 Å². The molecule has 0 saturated carbocycles. The van der Waals surface area contributed by atoms with Gasteiger partial charge in [-0.05, 0) is 6.92 Å². The van der Waals surface area contributed by atoms with E-state index in [1.54, 1.807) is 0 Å². The van der Waals surface area contributed by atoms with Crippen LogP contribution in [-0.4, -0.2) is 23.9 Å². The van der Waals surface area contributed by atoms with Crippen LogP contribution < -0.4 is 51.4 Å². The van der Waals surface area contributed by atoms with Gasteiger partial charge < -0.3 is 1.43 Å². The Kier molecular flexibility index (Phi) is 7.23. The van der Waals surface area contributed by atoms with E-state index in [-0.39, 0.29) is 52.8 Å². The second kappa shape index (κ2) is 5.52. The van der Waals surface area contributed by atoms with Crippen molar-refractivity contribution in [3.63, 3.8) is 0 Å². The van der Waals surface area contributed by atoms with Gasteiger partial charge in [0.1, 0.15) is 5.78 Å². The fourth-order valence-electron chi connectivity index (χ4n) is 0.294. The first-order valence-corrected chi connectivity index (χ1v) is 3.78. The molecule has 0 saturated heterocycles. The van der Waals surface area contributed by atoms with E-state index in [0.29, 0.717) is 0 Å². The number of rotatable bonds is 2. The predicted molar refractivity (Wildman–Crippen MR) is 33.0 cm³/mol. The molecule has 0 aromatic carbocycles. The van der Waals surface area contributed by atoms with Crippen molar-refractivity contribution >= 4 is 21.0 Å². The summed E-state index contributed by atoms with van der Waals surface area (Å²) in [5.74, 6) is -0.595. The molecule has 0 aromatic rings. The second-order valence-electron chi connectivity index (χ2n) is 1.73. The Hall–Kier alpha value is 0.886. The fourth-order valence-corrected chi connectivity index (χ4v) is 0.680. The Bertz CT molecular complexity index is 259. The van der Waals surface area contributed by atoms with E-state index in [1.165, 1.54) is 0 Å². The first-order valence-electron chi connectivity index (χ1n) is 2.34. The van der Waals surface area contributed by atoms with E-state index < -0.39 is 27.4 Å². The van der Waals surface area contributed by atoms with Gasteiger partial charge in [-0.15, -0.1) is 0 Å². The summed E-state index contributed by atoms with van der Waals surface area (Å²) in [5.41, 5.74) is 0. The minimum atomic E-state index is -4.66. The molecule has 0 unspecified atom stereocenters. The van der Waals surface area contributed by atoms with Gasteiger partial charge in [0.25, 0.3) is 5.12 Å². The normalized spacial score (nSPS) is 10.0. The standard InChI is InChI=1S/C4H6O5S.K.H/c1-3(5)2-4(6)10(7,8)9;;/h2H2,1H3,(H,7,8,9);;/q;+1;-1. The SMILES string of the molecule is CC(=O)CC(=O)S(=O)(=O)O.[H-].[K+]. The average Bonchev–Trinajstić information content (AvgIpc) is 1.60. The molecule has 0 bridgehead atoms.